The predicted octanol–water partition coefficient (Wildman–Crippen LogP) is 4.55. The summed E-state index contributed by atoms with van der Waals surface area (Å²) in [5, 5.41) is 8.43. The van der Waals surface area contributed by atoms with Gasteiger partial charge in [0.2, 0.25) is 0 Å². The first kappa shape index (κ1) is 15.2. The van der Waals surface area contributed by atoms with Crippen LogP contribution < -0.4 is 0 Å². The lowest BCUT2D eigenvalue weighted by Gasteiger charge is -1.97. The summed E-state index contributed by atoms with van der Waals surface area (Å²) in [7, 11) is 0. The standard InChI is InChI=1S/C14H26O2/c1-2-3-4-5-6-7-8-9-10-11-12-13-14(15)16/h9-10H,2-8,11-13H2,1H3,(H,15,16)/b10-9-. The van der Waals surface area contributed by atoms with Crippen molar-refractivity contribution in [2.24, 2.45) is 0 Å². The lowest BCUT2D eigenvalue weighted by atomic mass is 10.1. The Balaban J connectivity index is 3.06. The molecule has 94 valence electrons. The van der Waals surface area contributed by atoms with E-state index in [0.29, 0.717) is 6.42 Å². The first-order valence-corrected chi connectivity index (χ1v) is 6.64. The third-order valence-electron chi connectivity index (χ3n) is 2.65. The average molecular weight is 226 g/mol. The summed E-state index contributed by atoms with van der Waals surface area (Å²) in [6, 6.07) is 0. The Kier molecular flexibility index (Phi) is 11.7. The summed E-state index contributed by atoms with van der Waals surface area (Å²) >= 11 is 0. The van der Waals surface area contributed by atoms with Gasteiger partial charge < -0.3 is 5.11 Å². The molecule has 0 rings (SSSR count). The minimum Gasteiger partial charge on any atom is -0.481 e. The third-order valence-corrected chi connectivity index (χ3v) is 2.65. The molecule has 0 aliphatic heterocycles. The van der Waals surface area contributed by atoms with E-state index in [-0.39, 0.29) is 0 Å². The smallest absolute Gasteiger partial charge is 0.303 e. The number of allylic oxidation sites excluding steroid dienone is 2. The Hall–Kier alpha value is -0.790. The number of aliphatic carboxylic acids is 1. The number of unbranched alkanes of at least 4 members (excludes halogenated alkanes) is 7. The van der Waals surface area contributed by atoms with Crippen LogP contribution >= 0.6 is 0 Å². The van der Waals surface area contributed by atoms with Gasteiger partial charge in [-0.15, -0.1) is 0 Å². The minimum absolute atomic E-state index is 0.293. The lowest BCUT2D eigenvalue weighted by Crippen LogP contribution is -1.92. The molecule has 0 amide bonds. The summed E-state index contributed by atoms with van der Waals surface area (Å²) in [6.45, 7) is 2.24. The van der Waals surface area contributed by atoms with Gasteiger partial charge in [-0.05, 0) is 25.7 Å². The van der Waals surface area contributed by atoms with Crippen LogP contribution in [0.5, 0.6) is 0 Å². The normalized spacial score (nSPS) is 11.1. The van der Waals surface area contributed by atoms with Gasteiger partial charge in [0.1, 0.15) is 0 Å². The van der Waals surface area contributed by atoms with Crippen molar-refractivity contribution in [3.05, 3.63) is 12.2 Å². The third kappa shape index (κ3) is 13.2. The van der Waals surface area contributed by atoms with E-state index in [0.717, 1.165) is 19.3 Å². The second-order valence-corrected chi connectivity index (χ2v) is 4.31. The fourth-order valence-electron chi connectivity index (χ4n) is 1.65. The lowest BCUT2D eigenvalue weighted by molar-refractivity contribution is -0.137. The minimum atomic E-state index is -0.690. The summed E-state index contributed by atoms with van der Waals surface area (Å²) < 4.78 is 0. The van der Waals surface area contributed by atoms with Gasteiger partial charge in [0.05, 0.1) is 0 Å². The molecule has 0 saturated carbocycles. The van der Waals surface area contributed by atoms with E-state index in [4.69, 9.17) is 5.11 Å². The van der Waals surface area contributed by atoms with Gasteiger partial charge >= 0.3 is 5.97 Å². The van der Waals surface area contributed by atoms with Crippen molar-refractivity contribution in [3.8, 4) is 0 Å². The summed E-state index contributed by atoms with van der Waals surface area (Å²) in [6.07, 6.45) is 15.5. The molecule has 0 atom stereocenters. The molecular weight excluding hydrogens is 200 g/mol. The maximum absolute atomic E-state index is 10.2. The van der Waals surface area contributed by atoms with Gasteiger partial charge in [-0.1, -0.05) is 51.2 Å². The van der Waals surface area contributed by atoms with Gasteiger partial charge in [-0.25, -0.2) is 0 Å². The number of carboxylic acid groups (broad SMARTS) is 1. The number of carbonyl (C=O) groups is 1. The molecule has 0 aliphatic rings. The Morgan fingerprint density at radius 3 is 2.12 bits per heavy atom. The Labute approximate surface area is 99.7 Å². The van der Waals surface area contributed by atoms with E-state index < -0.39 is 5.97 Å². The maximum atomic E-state index is 10.2. The molecule has 0 bridgehead atoms. The molecule has 0 aromatic rings. The van der Waals surface area contributed by atoms with Crippen molar-refractivity contribution >= 4 is 5.97 Å². The van der Waals surface area contributed by atoms with Crippen molar-refractivity contribution in [1.82, 2.24) is 0 Å². The van der Waals surface area contributed by atoms with Crippen molar-refractivity contribution in [2.75, 3.05) is 0 Å². The van der Waals surface area contributed by atoms with Crippen molar-refractivity contribution in [2.45, 2.75) is 71.1 Å². The number of rotatable bonds is 11. The van der Waals surface area contributed by atoms with Crippen LogP contribution in [-0.4, -0.2) is 11.1 Å². The van der Waals surface area contributed by atoms with Crippen LogP contribution in [0.15, 0.2) is 12.2 Å². The van der Waals surface area contributed by atoms with Gasteiger partial charge in [-0.2, -0.15) is 0 Å². The molecule has 1 N–H and O–H groups in total. The van der Waals surface area contributed by atoms with Crippen LogP contribution in [0, 0.1) is 0 Å². The topological polar surface area (TPSA) is 37.3 Å². The van der Waals surface area contributed by atoms with E-state index >= 15 is 0 Å². The van der Waals surface area contributed by atoms with Crippen molar-refractivity contribution < 1.29 is 9.90 Å². The summed E-state index contributed by atoms with van der Waals surface area (Å²) in [5.74, 6) is -0.690. The SMILES string of the molecule is CCCCCCCC/C=C\CCCC(=O)O. The average Bonchev–Trinajstić information content (AvgIpc) is 2.25. The summed E-state index contributed by atoms with van der Waals surface area (Å²) in [5.41, 5.74) is 0. The zero-order valence-electron chi connectivity index (χ0n) is 10.6. The Bertz CT molecular complexity index is 185. The quantitative estimate of drug-likeness (QED) is 0.414. The molecule has 0 aromatic carbocycles. The predicted molar refractivity (Wildman–Crippen MR) is 68.6 cm³/mol. The van der Waals surface area contributed by atoms with Gasteiger partial charge in [0, 0.05) is 6.42 Å². The largest absolute Gasteiger partial charge is 0.481 e. The zero-order chi connectivity index (χ0) is 12.1. The molecule has 0 saturated heterocycles. The van der Waals surface area contributed by atoms with E-state index in [2.05, 4.69) is 19.1 Å². The molecule has 2 nitrogen and oxygen atoms in total. The highest BCUT2D eigenvalue weighted by Gasteiger charge is 1.93. The van der Waals surface area contributed by atoms with Crippen LogP contribution in [0.25, 0.3) is 0 Å². The molecule has 2 heteroatoms. The van der Waals surface area contributed by atoms with Crippen LogP contribution in [-0.2, 0) is 4.79 Å². The van der Waals surface area contributed by atoms with Crippen LogP contribution in [0.2, 0.25) is 0 Å². The highest BCUT2D eigenvalue weighted by Crippen LogP contribution is 2.07. The molecule has 0 aliphatic carbocycles. The van der Waals surface area contributed by atoms with Crippen LogP contribution in [0.4, 0.5) is 0 Å². The zero-order valence-corrected chi connectivity index (χ0v) is 10.6. The van der Waals surface area contributed by atoms with Gasteiger partial charge in [0.25, 0.3) is 0 Å². The van der Waals surface area contributed by atoms with Gasteiger partial charge in [-0.3, -0.25) is 4.79 Å². The second-order valence-electron chi connectivity index (χ2n) is 4.31. The first-order chi connectivity index (χ1) is 7.77. The van der Waals surface area contributed by atoms with Crippen LogP contribution in [0.1, 0.15) is 71.1 Å². The molecule has 0 heterocycles. The second kappa shape index (κ2) is 12.3. The highest BCUT2D eigenvalue weighted by molar-refractivity contribution is 5.66. The Morgan fingerprint density at radius 2 is 1.50 bits per heavy atom. The Morgan fingerprint density at radius 1 is 0.938 bits per heavy atom. The number of carboxylic acids is 1. The first-order valence-electron chi connectivity index (χ1n) is 6.64. The van der Waals surface area contributed by atoms with E-state index in [9.17, 15) is 4.79 Å². The molecule has 0 spiro atoms. The molecule has 0 aromatic heterocycles. The fraction of sp³-hybridized carbons (Fsp3) is 0.786. The monoisotopic (exact) mass is 226 g/mol. The fourth-order valence-corrected chi connectivity index (χ4v) is 1.65. The molecule has 0 fully saturated rings. The molecular formula is C14H26O2. The number of hydrogen-bond donors (Lipinski definition) is 1. The van der Waals surface area contributed by atoms with E-state index in [1.54, 1.807) is 0 Å². The van der Waals surface area contributed by atoms with E-state index in [1.165, 1.54) is 38.5 Å². The maximum Gasteiger partial charge on any atom is 0.303 e. The molecule has 16 heavy (non-hydrogen) atoms. The molecule has 0 radical (unpaired) electrons. The summed E-state index contributed by atoms with van der Waals surface area (Å²) in [4.78, 5) is 10.2. The van der Waals surface area contributed by atoms with Crippen LogP contribution in [0.3, 0.4) is 0 Å². The van der Waals surface area contributed by atoms with Crippen molar-refractivity contribution in [1.29, 1.82) is 0 Å². The number of hydrogen-bond acceptors (Lipinski definition) is 1. The molecule has 0 unspecified atom stereocenters. The highest BCUT2D eigenvalue weighted by atomic mass is 16.4. The van der Waals surface area contributed by atoms with Gasteiger partial charge in [0.15, 0.2) is 0 Å². The van der Waals surface area contributed by atoms with Crippen molar-refractivity contribution in [3.63, 3.8) is 0 Å². The van der Waals surface area contributed by atoms with E-state index in [1.807, 2.05) is 0 Å².